The highest BCUT2D eigenvalue weighted by molar-refractivity contribution is 5.33. The minimum atomic E-state index is 0.857. The zero-order chi connectivity index (χ0) is 15.9. The first-order valence-electron chi connectivity index (χ1n) is 7.76. The van der Waals surface area contributed by atoms with Gasteiger partial charge in [-0.1, -0.05) is 42.5 Å². The van der Waals surface area contributed by atoms with Crippen molar-refractivity contribution in [2.24, 2.45) is 0 Å². The predicted octanol–water partition coefficient (Wildman–Crippen LogP) is 4.78. The standard InChI is InChI=1S/C20H20N2O/c1-17-21-14-16-22(17)15-6-5-7-18-10-12-20(13-11-18)23-19-8-3-2-4-9-19/h2-6,8-14,16H,7,15H2,1H3. The molecule has 23 heavy (non-hydrogen) atoms. The summed E-state index contributed by atoms with van der Waals surface area (Å²) in [7, 11) is 0. The topological polar surface area (TPSA) is 27.1 Å². The van der Waals surface area contributed by atoms with E-state index in [2.05, 4.69) is 33.8 Å². The number of benzene rings is 2. The van der Waals surface area contributed by atoms with Gasteiger partial charge in [-0.3, -0.25) is 0 Å². The van der Waals surface area contributed by atoms with Crippen LogP contribution < -0.4 is 4.74 Å². The summed E-state index contributed by atoms with van der Waals surface area (Å²) in [4.78, 5) is 4.21. The Balaban J connectivity index is 1.52. The largest absolute Gasteiger partial charge is 0.457 e. The smallest absolute Gasteiger partial charge is 0.127 e. The summed E-state index contributed by atoms with van der Waals surface area (Å²) in [5.41, 5.74) is 1.27. The Bertz CT molecular complexity index is 758. The number of rotatable bonds is 6. The lowest BCUT2D eigenvalue weighted by Crippen LogP contribution is -1.96. The van der Waals surface area contributed by atoms with Gasteiger partial charge in [0.05, 0.1) is 0 Å². The minimum Gasteiger partial charge on any atom is -0.457 e. The number of hydrogen-bond donors (Lipinski definition) is 0. The molecule has 0 saturated carbocycles. The molecule has 3 nitrogen and oxygen atoms in total. The lowest BCUT2D eigenvalue weighted by atomic mass is 10.1. The molecule has 0 radical (unpaired) electrons. The third-order valence-corrected chi connectivity index (χ3v) is 3.65. The molecule has 0 aliphatic rings. The van der Waals surface area contributed by atoms with Crippen molar-refractivity contribution >= 4 is 0 Å². The molecule has 0 atom stereocenters. The van der Waals surface area contributed by atoms with Crippen LogP contribution >= 0.6 is 0 Å². The van der Waals surface area contributed by atoms with E-state index in [1.807, 2.05) is 61.8 Å². The number of hydrogen-bond acceptors (Lipinski definition) is 2. The number of aromatic nitrogens is 2. The Morgan fingerprint density at radius 3 is 2.39 bits per heavy atom. The molecule has 0 saturated heterocycles. The highest BCUT2D eigenvalue weighted by Crippen LogP contribution is 2.21. The van der Waals surface area contributed by atoms with Crippen LogP contribution in [0.2, 0.25) is 0 Å². The highest BCUT2D eigenvalue weighted by atomic mass is 16.5. The summed E-state index contributed by atoms with van der Waals surface area (Å²) in [5, 5.41) is 0. The quantitative estimate of drug-likeness (QED) is 0.613. The van der Waals surface area contributed by atoms with Gasteiger partial charge in [-0.15, -0.1) is 0 Å². The SMILES string of the molecule is Cc1nccn1CC=CCc1ccc(Oc2ccccc2)cc1. The number of ether oxygens (including phenoxy) is 1. The van der Waals surface area contributed by atoms with Gasteiger partial charge in [-0.05, 0) is 43.2 Å². The average Bonchev–Trinajstić information content (AvgIpc) is 2.99. The molecule has 0 fully saturated rings. The highest BCUT2D eigenvalue weighted by Gasteiger charge is 1.97. The lowest BCUT2D eigenvalue weighted by molar-refractivity contribution is 0.482. The number of aryl methyl sites for hydroxylation is 1. The fraction of sp³-hybridized carbons (Fsp3) is 0.150. The van der Waals surface area contributed by atoms with Crippen LogP contribution in [0.25, 0.3) is 0 Å². The van der Waals surface area contributed by atoms with Crippen LogP contribution in [-0.2, 0) is 13.0 Å². The Hall–Kier alpha value is -2.81. The van der Waals surface area contributed by atoms with Crippen molar-refractivity contribution in [3.63, 3.8) is 0 Å². The van der Waals surface area contributed by atoms with Gasteiger partial charge in [0.1, 0.15) is 17.3 Å². The first-order valence-corrected chi connectivity index (χ1v) is 7.76. The summed E-state index contributed by atoms with van der Waals surface area (Å²) >= 11 is 0. The maximum atomic E-state index is 5.79. The summed E-state index contributed by atoms with van der Waals surface area (Å²) < 4.78 is 7.91. The van der Waals surface area contributed by atoms with E-state index < -0.39 is 0 Å². The van der Waals surface area contributed by atoms with Crippen molar-refractivity contribution in [2.45, 2.75) is 19.9 Å². The average molecular weight is 304 g/mol. The van der Waals surface area contributed by atoms with Crippen LogP contribution in [0, 0.1) is 6.92 Å². The number of imidazole rings is 1. The Kier molecular flexibility index (Phi) is 4.89. The van der Waals surface area contributed by atoms with Crippen molar-refractivity contribution in [2.75, 3.05) is 0 Å². The van der Waals surface area contributed by atoms with Crippen LogP contribution in [0.15, 0.2) is 79.1 Å². The molecule has 3 aromatic rings. The predicted molar refractivity (Wildman–Crippen MR) is 92.8 cm³/mol. The molecule has 0 amide bonds. The lowest BCUT2D eigenvalue weighted by Gasteiger charge is -2.06. The van der Waals surface area contributed by atoms with E-state index in [1.54, 1.807) is 0 Å². The van der Waals surface area contributed by atoms with Gasteiger partial charge in [-0.2, -0.15) is 0 Å². The Morgan fingerprint density at radius 1 is 0.957 bits per heavy atom. The Morgan fingerprint density at radius 2 is 1.70 bits per heavy atom. The van der Waals surface area contributed by atoms with Gasteiger partial charge < -0.3 is 9.30 Å². The van der Waals surface area contributed by atoms with Crippen LogP contribution in [-0.4, -0.2) is 9.55 Å². The molecule has 3 rings (SSSR count). The van der Waals surface area contributed by atoms with Gasteiger partial charge in [-0.25, -0.2) is 4.98 Å². The molecule has 0 spiro atoms. The van der Waals surface area contributed by atoms with Gasteiger partial charge in [0.25, 0.3) is 0 Å². The first kappa shape index (κ1) is 15.1. The molecule has 1 aromatic heterocycles. The summed E-state index contributed by atoms with van der Waals surface area (Å²) in [6.07, 6.45) is 9.10. The molecule has 1 heterocycles. The second-order valence-corrected chi connectivity index (χ2v) is 5.36. The molecule has 0 aliphatic carbocycles. The zero-order valence-electron chi connectivity index (χ0n) is 13.2. The van der Waals surface area contributed by atoms with E-state index in [0.717, 1.165) is 30.3 Å². The molecule has 3 heteroatoms. The fourth-order valence-corrected chi connectivity index (χ4v) is 2.32. The van der Waals surface area contributed by atoms with E-state index in [4.69, 9.17) is 4.74 Å². The van der Waals surface area contributed by atoms with Crippen molar-refractivity contribution in [3.8, 4) is 11.5 Å². The van der Waals surface area contributed by atoms with Crippen LogP contribution in [0.5, 0.6) is 11.5 Å². The van der Waals surface area contributed by atoms with Gasteiger partial charge >= 0.3 is 0 Å². The van der Waals surface area contributed by atoms with Gasteiger partial charge in [0.15, 0.2) is 0 Å². The number of allylic oxidation sites excluding steroid dienone is 2. The molecule has 2 aromatic carbocycles. The first-order chi connectivity index (χ1) is 11.3. The van der Waals surface area contributed by atoms with E-state index in [0.29, 0.717) is 0 Å². The van der Waals surface area contributed by atoms with E-state index in [1.165, 1.54) is 5.56 Å². The zero-order valence-corrected chi connectivity index (χ0v) is 13.2. The summed E-state index contributed by atoms with van der Waals surface area (Å²) in [5.74, 6) is 2.76. The second-order valence-electron chi connectivity index (χ2n) is 5.36. The molecule has 0 bridgehead atoms. The van der Waals surface area contributed by atoms with Crippen LogP contribution in [0.4, 0.5) is 0 Å². The maximum absolute atomic E-state index is 5.79. The van der Waals surface area contributed by atoms with E-state index in [9.17, 15) is 0 Å². The summed E-state index contributed by atoms with van der Waals surface area (Å²) in [6, 6.07) is 18.0. The molecule has 116 valence electrons. The van der Waals surface area contributed by atoms with E-state index >= 15 is 0 Å². The monoisotopic (exact) mass is 304 g/mol. The number of nitrogens with zero attached hydrogens (tertiary/aromatic N) is 2. The molecule has 0 unspecified atom stereocenters. The van der Waals surface area contributed by atoms with Gasteiger partial charge in [0, 0.05) is 18.9 Å². The van der Waals surface area contributed by atoms with Gasteiger partial charge in [0.2, 0.25) is 0 Å². The third kappa shape index (κ3) is 4.33. The third-order valence-electron chi connectivity index (χ3n) is 3.65. The van der Waals surface area contributed by atoms with Crippen LogP contribution in [0.1, 0.15) is 11.4 Å². The Labute approximate surface area is 136 Å². The fourth-order valence-electron chi connectivity index (χ4n) is 2.32. The number of para-hydroxylation sites is 1. The van der Waals surface area contributed by atoms with Crippen molar-refractivity contribution in [1.82, 2.24) is 9.55 Å². The summed E-state index contributed by atoms with van der Waals surface area (Å²) in [6.45, 7) is 2.88. The molecular formula is C20H20N2O. The van der Waals surface area contributed by atoms with E-state index in [-0.39, 0.29) is 0 Å². The van der Waals surface area contributed by atoms with Crippen molar-refractivity contribution < 1.29 is 4.74 Å². The van der Waals surface area contributed by atoms with Crippen molar-refractivity contribution in [1.29, 1.82) is 0 Å². The maximum Gasteiger partial charge on any atom is 0.127 e. The molecular weight excluding hydrogens is 284 g/mol. The van der Waals surface area contributed by atoms with Crippen LogP contribution in [0.3, 0.4) is 0 Å². The minimum absolute atomic E-state index is 0.857. The van der Waals surface area contributed by atoms with Crippen molar-refractivity contribution in [3.05, 3.63) is 90.5 Å². The normalized spacial score (nSPS) is 11.0. The second kappa shape index (κ2) is 7.45. The molecule has 0 N–H and O–H groups in total. The molecule has 0 aliphatic heterocycles.